The summed E-state index contributed by atoms with van der Waals surface area (Å²) >= 11 is 11.4. The number of hydrogen-bond acceptors (Lipinski definition) is 6. The molecule has 0 bridgehead atoms. The Bertz CT molecular complexity index is 534. The molecule has 1 aromatic carbocycles. The Kier molecular flexibility index (Phi) is 5.53. The number of rotatable bonds is 5. The minimum atomic E-state index is -0.783. The first-order valence-corrected chi connectivity index (χ1v) is 5.81. The van der Waals surface area contributed by atoms with E-state index in [-0.39, 0.29) is 23.0 Å². The lowest BCUT2D eigenvalue weighted by Crippen LogP contribution is -2.13. The summed E-state index contributed by atoms with van der Waals surface area (Å²) in [6.07, 6.45) is 0. The van der Waals surface area contributed by atoms with Crippen molar-refractivity contribution in [1.82, 2.24) is 0 Å². The molecule has 0 saturated carbocycles. The molecule has 7 nitrogen and oxygen atoms in total. The summed E-state index contributed by atoms with van der Waals surface area (Å²) in [7, 11) is 0. The van der Waals surface area contributed by atoms with Gasteiger partial charge >= 0.3 is 5.97 Å². The van der Waals surface area contributed by atoms with Crippen LogP contribution in [0.3, 0.4) is 0 Å². The van der Waals surface area contributed by atoms with Crippen LogP contribution in [-0.4, -0.2) is 22.7 Å². The van der Waals surface area contributed by atoms with Crippen LogP contribution in [0.5, 0.6) is 0 Å². The number of nitrogens with one attached hydrogen (secondary N) is 1. The molecule has 0 fully saturated rings. The lowest BCUT2D eigenvalue weighted by Gasteiger charge is -2.04. The highest BCUT2D eigenvalue weighted by molar-refractivity contribution is 6.82. The van der Waals surface area contributed by atoms with Gasteiger partial charge in [-0.15, -0.1) is 0 Å². The largest absolute Gasteiger partial charge is 0.461 e. The van der Waals surface area contributed by atoms with Crippen molar-refractivity contribution in [2.45, 2.75) is 6.92 Å². The van der Waals surface area contributed by atoms with E-state index in [2.05, 4.69) is 15.3 Å². The molecule has 0 saturated heterocycles. The summed E-state index contributed by atoms with van der Waals surface area (Å²) in [6.45, 7) is 1.80. The second-order valence-electron chi connectivity index (χ2n) is 3.16. The summed E-state index contributed by atoms with van der Waals surface area (Å²) in [5.41, 5.74) is 2.54. The Morgan fingerprint density at radius 1 is 1.58 bits per heavy atom. The number of hydrazone groups is 1. The Morgan fingerprint density at radius 3 is 2.79 bits per heavy atom. The number of ether oxygens (including phenoxy) is 1. The molecular formula is C10H9Cl2N3O4. The number of hydrogen-bond donors (Lipinski definition) is 1. The number of benzene rings is 1. The van der Waals surface area contributed by atoms with Crippen molar-refractivity contribution in [2.75, 3.05) is 12.0 Å². The third-order valence-electron chi connectivity index (χ3n) is 1.88. The van der Waals surface area contributed by atoms with Gasteiger partial charge in [0.15, 0.2) is 0 Å². The number of halogens is 2. The fourth-order valence-electron chi connectivity index (χ4n) is 1.05. The van der Waals surface area contributed by atoms with Crippen molar-refractivity contribution in [3.8, 4) is 0 Å². The van der Waals surface area contributed by atoms with Crippen LogP contribution in [0.25, 0.3) is 0 Å². The summed E-state index contributed by atoms with van der Waals surface area (Å²) in [6, 6.07) is 3.74. The van der Waals surface area contributed by atoms with E-state index in [1.807, 2.05) is 0 Å². The van der Waals surface area contributed by atoms with Crippen molar-refractivity contribution >= 4 is 45.7 Å². The average Bonchev–Trinajstić information content (AvgIpc) is 2.36. The van der Waals surface area contributed by atoms with E-state index in [1.54, 1.807) is 6.92 Å². The maximum atomic E-state index is 11.1. The molecule has 0 atom stereocenters. The van der Waals surface area contributed by atoms with E-state index in [0.29, 0.717) is 0 Å². The monoisotopic (exact) mass is 305 g/mol. The molecule has 1 rings (SSSR count). The van der Waals surface area contributed by atoms with Crippen LogP contribution in [0, 0.1) is 10.1 Å². The third kappa shape index (κ3) is 4.38. The van der Waals surface area contributed by atoms with Crippen molar-refractivity contribution in [2.24, 2.45) is 5.10 Å². The van der Waals surface area contributed by atoms with Crippen molar-refractivity contribution in [3.05, 3.63) is 33.3 Å². The van der Waals surface area contributed by atoms with Crippen molar-refractivity contribution in [1.29, 1.82) is 0 Å². The standard InChI is InChI=1S/C10H9Cl2N3O4/c1-2-19-10(16)9(12)14-13-8-4-3-6(15(17)18)5-7(8)11/h3-5,13H,2H2,1H3. The number of nitro benzene ring substituents is 1. The van der Waals surface area contributed by atoms with E-state index in [9.17, 15) is 14.9 Å². The molecule has 0 aliphatic rings. The number of anilines is 1. The van der Waals surface area contributed by atoms with Gasteiger partial charge < -0.3 is 4.74 Å². The molecule has 19 heavy (non-hydrogen) atoms. The molecule has 0 radical (unpaired) electrons. The molecule has 1 N–H and O–H groups in total. The van der Waals surface area contributed by atoms with E-state index < -0.39 is 16.1 Å². The molecule has 1 aromatic rings. The van der Waals surface area contributed by atoms with Crippen LogP contribution in [-0.2, 0) is 9.53 Å². The zero-order valence-electron chi connectivity index (χ0n) is 9.72. The van der Waals surface area contributed by atoms with Gasteiger partial charge in [-0.25, -0.2) is 4.79 Å². The molecule has 0 aromatic heterocycles. The van der Waals surface area contributed by atoms with Gasteiger partial charge in [0.2, 0.25) is 5.17 Å². The predicted molar refractivity (Wildman–Crippen MR) is 71.7 cm³/mol. The molecule has 0 spiro atoms. The maximum absolute atomic E-state index is 11.1. The Labute approximate surface area is 118 Å². The molecular weight excluding hydrogens is 297 g/mol. The van der Waals surface area contributed by atoms with Crippen LogP contribution in [0.2, 0.25) is 5.02 Å². The number of non-ortho nitro benzene ring substituents is 1. The predicted octanol–water partition coefficient (Wildman–Crippen LogP) is 2.78. The van der Waals surface area contributed by atoms with E-state index in [0.717, 1.165) is 6.07 Å². The Morgan fingerprint density at radius 2 is 2.26 bits per heavy atom. The third-order valence-corrected chi connectivity index (χ3v) is 2.43. The van der Waals surface area contributed by atoms with Crippen LogP contribution < -0.4 is 5.43 Å². The quantitative estimate of drug-likeness (QED) is 0.391. The van der Waals surface area contributed by atoms with Gasteiger partial charge in [0.05, 0.1) is 22.2 Å². The molecule has 102 valence electrons. The number of carbonyl (C=O) groups is 1. The maximum Gasteiger partial charge on any atom is 0.370 e. The molecule has 0 aliphatic carbocycles. The van der Waals surface area contributed by atoms with Crippen LogP contribution in [0.15, 0.2) is 23.3 Å². The normalized spacial score (nSPS) is 11.0. The highest BCUT2D eigenvalue weighted by atomic mass is 35.5. The van der Waals surface area contributed by atoms with Gasteiger partial charge in [-0.3, -0.25) is 15.5 Å². The van der Waals surface area contributed by atoms with Gasteiger partial charge in [-0.2, -0.15) is 5.10 Å². The first-order chi connectivity index (χ1) is 8.95. The summed E-state index contributed by atoms with van der Waals surface area (Å²) in [4.78, 5) is 21.1. The Balaban J connectivity index is 2.81. The van der Waals surface area contributed by atoms with Gasteiger partial charge in [-0.05, 0) is 13.0 Å². The topological polar surface area (TPSA) is 93.8 Å². The number of nitrogens with zero attached hydrogens (tertiary/aromatic N) is 2. The van der Waals surface area contributed by atoms with Gasteiger partial charge in [0, 0.05) is 12.1 Å². The first kappa shape index (κ1) is 15.2. The summed E-state index contributed by atoms with van der Waals surface area (Å²) < 4.78 is 4.61. The van der Waals surface area contributed by atoms with Crippen molar-refractivity contribution < 1.29 is 14.5 Å². The van der Waals surface area contributed by atoms with Gasteiger partial charge in [-0.1, -0.05) is 23.2 Å². The Hall–Kier alpha value is -1.86. The molecule has 0 unspecified atom stereocenters. The first-order valence-electron chi connectivity index (χ1n) is 5.06. The minimum absolute atomic E-state index is 0.0753. The lowest BCUT2D eigenvalue weighted by molar-refractivity contribution is -0.384. The average molecular weight is 306 g/mol. The second kappa shape index (κ2) is 6.91. The molecule has 0 aliphatic heterocycles. The number of carbonyl (C=O) groups excluding carboxylic acids is 1. The second-order valence-corrected chi connectivity index (χ2v) is 3.92. The highest BCUT2D eigenvalue weighted by Gasteiger charge is 2.11. The smallest absolute Gasteiger partial charge is 0.370 e. The van der Waals surface area contributed by atoms with E-state index in [4.69, 9.17) is 23.2 Å². The number of esters is 1. The highest BCUT2D eigenvalue weighted by Crippen LogP contribution is 2.26. The van der Waals surface area contributed by atoms with E-state index >= 15 is 0 Å². The van der Waals surface area contributed by atoms with Crippen molar-refractivity contribution in [3.63, 3.8) is 0 Å². The fraction of sp³-hybridized carbons (Fsp3) is 0.200. The molecule has 0 amide bonds. The van der Waals surface area contributed by atoms with E-state index in [1.165, 1.54) is 12.1 Å². The zero-order chi connectivity index (χ0) is 14.4. The zero-order valence-corrected chi connectivity index (χ0v) is 11.2. The molecule has 0 heterocycles. The van der Waals surface area contributed by atoms with Gasteiger partial charge in [0.25, 0.3) is 5.69 Å². The lowest BCUT2D eigenvalue weighted by atomic mass is 10.3. The summed E-state index contributed by atoms with van der Waals surface area (Å²) in [5, 5.41) is 13.7. The SMILES string of the molecule is CCOC(=O)C(Cl)=NNc1ccc([N+](=O)[O-])cc1Cl. The van der Waals surface area contributed by atoms with Crippen LogP contribution >= 0.6 is 23.2 Å². The molecule has 9 heteroatoms. The fourth-order valence-corrected chi connectivity index (χ4v) is 1.37. The van der Waals surface area contributed by atoms with Crippen LogP contribution in [0.4, 0.5) is 11.4 Å². The van der Waals surface area contributed by atoms with Gasteiger partial charge in [0.1, 0.15) is 0 Å². The van der Waals surface area contributed by atoms with Crippen LogP contribution in [0.1, 0.15) is 6.92 Å². The number of nitro groups is 1. The minimum Gasteiger partial charge on any atom is -0.461 e. The summed E-state index contributed by atoms with van der Waals surface area (Å²) in [5.74, 6) is -0.783.